The molecule has 3 atom stereocenters. The molecule has 0 bridgehead atoms. The van der Waals surface area contributed by atoms with Gasteiger partial charge in [0.15, 0.2) is 0 Å². The van der Waals surface area contributed by atoms with Crippen molar-refractivity contribution in [2.24, 2.45) is 5.73 Å². The van der Waals surface area contributed by atoms with Crippen LogP contribution >= 0.6 is 11.8 Å². The molecular formula is C16H25N3OS. The van der Waals surface area contributed by atoms with Gasteiger partial charge < -0.3 is 16.4 Å². The molecule has 0 spiro atoms. The predicted octanol–water partition coefficient (Wildman–Crippen LogP) is 3.50. The zero-order valence-corrected chi connectivity index (χ0v) is 13.6. The first-order valence-corrected chi connectivity index (χ1v) is 8.85. The molecule has 0 heterocycles. The molecule has 4 nitrogen and oxygen atoms in total. The molecule has 21 heavy (non-hydrogen) atoms. The van der Waals surface area contributed by atoms with E-state index in [0.29, 0.717) is 5.25 Å². The first kappa shape index (κ1) is 16.2. The van der Waals surface area contributed by atoms with Gasteiger partial charge in [-0.05, 0) is 43.7 Å². The van der Waals surface area contributed by atoms with Gasteiger partial charge in [-0.25, -0.2) is 4.79 Å². The van der Waals surface area contributed by atoms with Crippen LogP contribution in [0, 0.1) is 0 Å². The highest BCUT2D eigenvalue weighted by Crippen LogP contribution is 2.27. The molecule has 1 aliphatic carbocycles. The minimum atomic E-state index is -0.122. The van der Waals surface area contributed by atoms with Gasteiger partial charge in [-0.2, -0.15) is 11.8 Å². The molecule has 116 valence electrons. The third kappa shape index (κ3) is 4.64. The largest absolute Gasteiger partial charge is 0.334 e. The fourth-order valence-electron chi connectivity index (χ4n) is 2.78. The van der Waals surface area contributed by atoms with Crippen LogP contribution in [0.1, 0.15) is 44.2 Å². The molecule has 1 aromatic rings. The summed E-state index contributed by atoms with van der Waals surface area (Å²) < 4.78 is 0. The van der Waals surface area contributed by atoms with Gasteiger partial charge in [0.05, 0.1) is 0 Å². The van der Waals surface area contributed by atoms with Gasteiger partial charge in [0.25, 0.3) is 0 Å². The number of amides is 2. The van der Waals surface area contributed by atoms with Crippen LogP contribution in [-0.4, -0.2) is 23.6 Å². The third-order valence-corrected chi connectivity index (χ3v) is 5.16. The standard InChI is InChI=1S/C16H25N3OS/c1-11(17)12-6-5-7-13(10-12)18-16(20)19-14-8-3-4-9-15(14)21-2/h5-7,10-11,14-15H,3-4,8-9,17H2,1-2H3,(H2,18,19,20). The monoisotopic (exact) mass is 307 g/mol. The second-order valence-electron chi connectivity index (χ2n) is 5.68. The van der Waals surface area contributed by atoms with Gasteiger partial charge in [-0.1, -0.05) is 25.0 Å². The van der Waals surface area contributed by atoms with Crippen LogP contribution in [0.2, 0.25) is 0 Å². The molecular weight excluding hydrogens is 282 g/mol. The van der Waals surface area contributed by atoms with E-state index in [4.69, 9.17) is 5.73 Å². The Morgan fingerprint density at radius 2 is 2.14 bits per heavy atom. The Labute approximate surface area is 131 Å². The highest BCUT2D eigenvalue weighted by atomic mass is 32.2. The summed E-state index contributed by atoms with van der Waals surface area (Å²) in [6.45, 7) is 1.93. The molecule has 1 saturated carbocycles. The van der Waals surface area contributed by atoms with Crippen molar-refractivity contribution in [2.75, 3.05) is 11.6 Å². The maximum atomic E-state index is 12.2. The molecule has 0 saturated heterocycles. The van der Waals surface area contributed by atoms with Gasteiger partial charge in [-0.3, -0.25) is 0 Å². The summed E-state index contributed by atoms with van der Waals surface area (Å²) in [7, 11) is 0. The van der Waals surface area contributed by atoms with Crippen LogP contribution in [0.25, 0.3) is 0 Å². The summed E-state index contributed by atoms with van der Waals surface area (Å²) in [5.41, 5.74) is 7.68. The molecule has 0 aliphatic heterocycles. The van der Waals surface area contributed by atoms with E-state index in [-0.39, 0.29) is 18.1 Å². The highest BCUT2D eigenvalue weighted by molar-refractivity contribution is 7.99. The Bertz CT molecular complexity index is 478. The van der Waals surface area contributed by atoms with Crippen LogP contribution < -0.4 is 16.4 Å². The average molecular weight is 307 g/mol. The zero-order valence-electron chi connectivity index (χ0n) is 12.8. The number of urea groups is 1. The van der Waals surface area contributed by atoms with E-state index in [2.05, 4.69) is 16.9 Å². The predicted molar refractivity (Wildman–Crippen MR) is 90.8 cm³/mol. The quantitative estimate of drug-likeness (QED) is 0.797. The van der Waals surface area contributed by atoms with Gasteiger partial charge in [0.1, 0.15) is 0 Å². The molecule has 0 aromatic heterocycles. The maximum Gasteiger partial charge on any atom is 0.319 e. The van der Waals surface area contributed by atoms with Crippen LogP contribution in [0.5, 0.6) is 0 Å². The second-order valence-corrected chi connectivity index (χ2v) is 6.75. The zero-order chi connectivity index (χ0) is 15.2. The lowest BCUT2D eigenvalue weighted by Gasteiger charge is -2.30. The van der Waals surface area contributed by atoms with E-state index in [1.165, 1.54) is 19.3 Å². The summed E-state index contributed by atoms with van der Waals surface area (Å²) in [6.07, 6.45) is 6.84. The van der Waals surface area contributed by atoms with Crippen LogP contribution in [0.15, 0.2) is 24.3 Å². The molecule has 3 unspecified atom stereocenters. The SMILES string of the molecule is CSC1CCCCC1NC(=O)Nc1cccc(C(C)N)c1. The maximum absolute atomic E-state index is 12.2. The fraction of sp³-hybridized carbons (Fsp3) is 0.562. The van der Waals surface area contributed by atoms with Crippen molar-refractivity contribution in [3.05, 3.63) is 29.8 Å². The number of hydrogen-bond donors (Lipinski definition) is 3. The molecule has 2 rings (SSSR count). The van der Waals surface area contributed by atoms with Crippen LogP contribution in [-0.2, 0) is 0 Å². The molecule has 2 amide bonds. The molecule has 1 aromatic carbocycles. The third-order valence-electron chi connectivity index (χ3n) is 3.99. The molecule has 0 radical (unpaired) electrons. The summed E-state index contributed by atoms with van der Waals surface area (Å²) >= 11 is 1.85. The smallest absolute Gasteiger partial charge is 0.319 e. The molecule has 1 fully saturated rings. The van der Waals surface area contributed by atoms with Crippen molar-refractivity contribution in [2.45, 2.75) is 49.9 Å². The van der Waals surface area contributed by atoms with Crippen molar-refractivity contribution in [3.8, 4) is 0 Å². The number of thioether (sulfide) groups is 1. The number of anilines is 1. The number of nitrogens with two attached hydrogens (primary N) is 1. The second kappa shape index (κ2) is 7.71. The van der Waals surface area contributed by atoms with Gasteiger partial charge in [0.2, 0.25) is 0 Å². The molecule has 1 aliphatic rings. The van der Waals surface area contributed by atoms with Gasteiger partial charge >= 0.3 is 6.03 Å². The van der Waals surface area contributed by atoms with Crippen molar-refractivity contribution < 1.29 is 4.79 Å². The Morgan fingerprint density at radius 1 is 1.38 bits per heavy atom. The van der Waals surface area contributed by atoms with Crippen LogP contribution in [0.4, 0.5) is 10.5 Å². The Morgan fingerprint density at radius 3 is 2.86 bits per heavy atom. The van der Waals surface area contributed by atoms with Crippen molar-refractivity contribution >= 4 is 23.5 Å². The van der Waals surface area contributed by atoms with E-state index >= 15 is 0 Å². The van der Waals surface area contributed by atoms with E-state index in [1.54, 1.807) is 0 Å². The van der Waals surface area contributed by atoms with Crippen molar-refractivity contribution in [3.63, 3.8) is 0 Å². The fourth-order valence-corrected chi connectivity index (χ4v) is 3.71. The topological polar surface area (TPSA) is 67.2 Å². The normalized spacial score (nSPS) is 23.4. The lowest BCUT2D eigenvalue weighted by atomic mass is 9.95. The number of hydrogen-bond acceptors (Lipinski definition) is 3. The molecule has 4 N–H and O–H groups in total. The number of benzene rings is 1. The summed E-state index contributed by atoms with van der Waals surface area (Å²) in [4.78, 5) is 12.2. The summed E-state index contributed by atoms with van der Waals surface area (Å²) in [5, 5.41) is 6.56. The average Bonchev–Trinajstić information content (AvgIpc) is 2.48. The molecule has 5 heteroatoms. The highest BCUT2D eigenvalue weighted by Gasteiger charge is 2.25. The van der Waals surface area contributed by atoms with E-state index < -0.39 is 0 Å². The van der Waals surface area contributed by atoms with Gasteiger partial charge in [-0.15, -0.1) is 0 Å². The number of carbonyl (C=O) groups is 1. The van der Waals surface area contributed by atoms with Crippen LogP contribution in [0.3, 0.4) is 0 Å². The van der Waals surface area contributed by atoms with E-state index in [0.717, 1.165) is 17.7 Å². The van der Waals surface area contributed by atoms with Gasteiger partial charge in [0, 0.05) is 23.0 Å². The minimum Gasteiger partial charge on any atom is -0.334 e. The summed E-state index contributed by atoms with van der Waals surface area (Å²) in [6, 6.07) is 7.82. The lowest BCUT2D eigenvalue weighted by Crippen LogP contribution is -2.45. The number of rotatable bonds is 4. The number of carbonyl (C=O) groups excluding carboxylic acids is 1. The first-order chi connectivity index (χ1) is 10.1. The minimum absolute atomic E-state index is 0.0333. The van der Waals surface area contributed by atoms with E-state index in [1.807, 2.05) is 43.0 Å². The first-order valence-electron chi connectivity index (χ1n) is 7.56. The Kier molecular flexibility index (Phi) is 5.94. The number of nitrogens with one attached hydrogen (secondary N) is 2. The lowest BCUT2D eigenvalue weighted by molar-refractivity contribution is 0.245. The Balaban J connectivity index is 1.93. The van der Waals surface area contributed by atoms with Crippen molar-refractivity contribution in [1.82, 2.24) is 5.32 Å². The van der Waals surface area contributed by atoms with Crippen molar-refractivity contribution in [1.29, 1.82) is 0 Å². The Hall–Kier alpha value is -1.20. The summed E-state index contributed by atoms with van der Waals surface area (Å²) in [5.74, 6) is 0. The van der Waals surface area contributed by atoms with E-state index in [9.17, 15) is 4.79 Å².